The SMILES string of the molecule is Cc1nc(COc2ccccc2C(=O)NCC(c2ccco2)N2CCCCC2)no1. The van der Waals surface area contributed by atoms with Crippen molar-refractivity contribution in [1.29, 1.82) is 0 Å². The second-order valence-corrected chi connectivity index (χ2v) is 7.35. The third-order valence-electron chi connectivity index (χ3n) is 5.22. The van der Waals surface area contributed by atoms with Gasteiger partial charge in [0.2, 0.25) is 11.7 Å². The van der Waals surface area contributed by atoms with Crippen molar-refractivity contribution in [2.24, 2.45) is 0 Å². The topological polar surface area (TPSA) is 93.6 Å². The van der Waals surface area contributed by atoms with Crippen molar-refractivity contribution in [3.05, 3.63) is 65.7 Å². The first-order chi connectivity index (χ1) is 14.7. The van der Waals surface area contributed by atoms with Crippen molar-refractivity contribution in [3.8, 4) is 5.75 Å². The molecule has 158 valence electrons. The van der Waals surface area contributed by atoms with E-state index in [1.54, 1.807) is 25.3 Å². The van der Waals surface area contributed by atoms with Crippen LogP contribution in [0.4, 0.5) is 0 Å². The van der Waals surface area contributed by atoms with Gasteiger partial charge in [-0.05, 0) is 50.2 Å². The Morgan fingerprint density at radius 1 is 1.20 bits per heavy atom. The predicted molar refractivity (Wildman–Crippen MR) is 109 cm³/mol. The van der Waals surface area contributed by atoms with Crippen molar-refractivity contribution < 1.29 is 18.5 Å². The van der Waals surface area contributed by atoms with Gasteiger partial charge in [-0.2, -0.15) is 4.98 Å². The molecule has 1 N–H and O–H groups in total. The maximum Gasteiger partial charge on any atom is 0.255 e. The Hall–Kier alpha value is -3.13. The first-order valence-corrected chi connectivity index (χ1v) is 10.3. The zero-order valence-corrected chi connectivity index (χ0v) is 17.0. The highest BCUT2D eigenvalue weighted by Crippen LogP contribution is 2.25. The zero-order chi connectivity index (χ0) is 20.8. The molecule has 8 nitrogen and oxygen atoms in total. The largest absolute Gasteiger partial charge is 0.485 e. The maximum absolute atomic E-state index is 12.9. The molecule has 0 radical (unpaired) electrons. The molecule has 3 aromatic rings. The number of nitrogens with zero attached hydrogens (tertiary/aromatic N) is 3. The van der Waals surface area contributed by atoms with Crippen molar-refractivity contribution in [2.45, 2.75) is 38.8 Å². The number of furan rings is 1. The lowest BCUT2D eigenvalue weighted by Crippen LogP contribution is -2.40. The van der Waals surface area contributed by atoms with E-state index in [2.05, 4.69) is 20.4 Å². The Balaban J connectivity index is 1.42. The zero-order valence-electron chi connectivity index (χ0n) is 17.0. The fourth-order valence-electron chi connectivity index (χ4n) is 3.73. The number of carbonyl (C=O) groups excluding carboxylic acids is 1. The smallest absolute Gasteiger partial charge is 0.255 e. The first kappa shape index (κ1) is 20.2. The van der Waals surface area contributed by atoms with Crippen LogP contribution in [-0.2, 0) is 6.61 Å². The number of hydrogen-bond donors (Lipinski definition) is 1. The summed E-state index contributed by atoms with van der Waals surface area (Å²) in [6.45, 7) is 4.32. The normalized spacial score (nSPS) is 15.6. The Kier molecular flexibility index (Phi) is 6.44. The molecule has 4 rings (SSSR count). The van der Waals surface area contributed by atoms with Crippen LogP contribution in [0.5, 0.6) is 5.75 Å². The number of benzene rings is 1. The van der Waals surface area contributed by atoms with Crippen LogP contribution in [-0.4, -0.2) is 40.6 Å². The van der Waals surface area contributed by atoms with E-state index in [1.165, 1.54) is 6.42 Å². The summed E-state index contributed by atoms with van der Waals surface area (Å²) >= 11 is 0. The van der Waals surface area contributed by atoms with Gasteiger partial charge in [-0.15, -0.1) is 0 Å². The predicted octanol–water partition coefficient (Wildman–Crippen LogP) is 3.51. The molecule has 1 amide bonds. The molecule has 0 aliphatic carbocycles. The van der Waals surface area contributed by atoms with Crippen molar-refractivity contribution in [3.63, 3.8) is 0 Å². The number of piperidine rings is 1. The van der Waals surface area contributed by atoms with Gasteiger partial charge in [0.15, 0.2) is 6.61 Å². The molecular weight excluding hydrogens is 384 g/mol. The molecule has 1 saturated heterocycles. The molecule has 1 aromatic carbocycles. The van der Waals surface area contributed by atoms with Crippen LogP contribution >= 0.6 is 0 Å². The first-order valence-electron chi connectivity index (χ1n) is 10.3. The average Bonchev–Trinajstić information content (AvgIpc) is 3.45. The van der Waals surface area contributed by atoms with Gasteiger partial charge in [0.1, 0.15) is 11.5 Å². The number of carbonyl (C=O) groups is 1. The van der Waals surface area contributed by atoms with Gasteiger partial charge in [0.05, 0.1) is 17.9 Å². The molecule has 8 heteroatoms. The summed E-state index contributed by atoms with van der Waals surface area (Å²) < 4.78 is 16.4. The van der Waals surface area contributed by atoms with E-state index < -0.39 is 0 Å². The van der Waals surface area contributed by atoms with Crippen molar-refractivity contribution >= 4 is 5.91 Å². The molecule has 0 spiro atoms. The summed E-state index contributed by atoms with van der Waals surface area (Å²) in [5.74, 6) is 2.06. The van der Waals surface area contributed by atoms with Gasteiger partial charge in [0, 0.05) is 13.5 Å². The van der Waals surface area contributed by atoms with Crippen LogP contribution < -0.4 is 10.1 Å². The molecule has 1 atom stereocenters. The van der Waals surface area contributed by atoms with Crippen LogP contribution in [0, 0.1) is 6.92 Å². The van der Waals surface area contributed by atoms with E-state index in [9.17, 15) is 4.79 Å². The van der Waals surface area contributed by atoms with Crippen LogP contribution in [0.2, 0.25) is 0 Å². The van der Waals surface area contributed by atoms with Crippen LogP contribution in [0.3, 0.4) is 0 Å². The second-order valence-electron chi connectivity index (χ2n) is 7.35. The highest BCUT2D eigenvalue weighted by molar-refractivity contribution is 5.96. The van der Waals surface area contributed by atoms with E-state index in [4.69, 9.17) is 13.7 Å². The highest BCUT2D eigenvalue weighted by Gasteiger charge is 2.25. The van der Waals surface area contributed by atoms with Crippen LogP contribution in [0.25, 0.3) is 0 Å². The fraction of sp³-hybridized carbons (Fsp3) is 0.409. The number of nitrogens with one attached hydrogen (secondary N) is 1. The molecule has 0 saturated carbocycles. The van der Waals surface area contributed by atoms with E-state index in [0.717, 1.165) is 31.7 Å². The number of likely N-dealkylation sites (tertiary alicyclic amines) is 1. The third kappa shape index (κ3) is 4.88. The van der Waals surface area contributed by atoms with E-state index >= 15 is 0 Å². The number of amides is 1. The summed E-state index contributed by atoms with van der Waals surface area (Å²) in [6.07, 6.45) is 5.25. The molecule has 2 aromatic heterocycles. The van der Waals surface area contributed by atoms with Gasteiger partial charge in [-0.25, -0.2) is 0 Å². The maximum atomic E-state index is 12.9. The van der Waals surface area contributed by atoms with Gasteiger partial charge in [-0.3, -0.25) is 9.69 Å². The Morgan fingerprint density at radius 3 is 2.77 bits per heavy atom. The van der Waals surface area contributed by atoms with Gasteiger partial charge >= 0.3 is 0 Å². The second kappa shape index (κ2) is 9.58. The Morgan fingerprint density at radius 2 is 2.03 bits per heavy atom. The highest BCUT2D eigenvalue weighted by atomic mass is 16.5. The summed E-state index contributed by atoms with van der Waals surface area (Å²) in [5.41, 5.74) is 0.467. The number of aryl methyl sites for hydroxylation is 1. The number of rotatable bonds is 8. The Bertz CT molecular complexity index is 948. The standard InChI is InChI=1S/C22H26N4O4/c1-16-24-21(25-30-16)15-29-19-9-4-3-8-17(19)22(27)23-14-18(20-10-7-13-28-20)26-11-5-2-6-12-26/h3-4,7-10,13,18H,2,5-6,11-12,14-15H2,1H3,(H,23,27). The third-order valence-corrected chi connectivity index (χ3v) is 5.22. The number of para-hydroxylation sites is 1. The average molecular weight is 410 g/mol. The van der Waals surface area contributed by atoms with Crippen molar-refractivity contribution in [1.82, 2.24) is 20.4 Å². The van der Waals surface area contributed by atoms with Crippen molar-refractivity contribution in [2.75, 3.05) is 19.6 Å². The number of ether oxygens (including phenoxy) is 1. The van der Waals surface area contributed by atoms with Crippen LogP contribution in [0.1, 0.15) is 53.1 Å². The van der Waals surface area contributed by atoms with Gasteiger partial charge in [-0.1, -0.05) is 23.7 Å². The van der Waals surface area contributed by atoms with E-state index in [-0.39, 0.29) is 18.6 Å². The van der Waals surface area contributed by atoms with Gasteiger partial charge < -0.3 is 19.0 Å². The minimum atomic E-state index is -0.191. The quantitative estimate of drug-likeness (QED) is 0.607. The molecular formula is C22H26N4O4. The number of hydrogen-bond acceptors (Lipinski definition) is 7. The summed E-state index contributed by atoms with van der Waals surface area (Å²) in [7, 11) is 0. The fourth-order valence-corrected chi connectivity index (χ4v) is 3.73. The molecule has 1 fully saturated rings. The monoisotopic (exact) mass is 410 g/mol. The van der Waals surface area contributed by atoms with Gasteiger partial charge in [0.25, 0.3) is 5.91 Å². The number of aromatic nitrogens is 2. The molecule has 0 bridgehead atoms. The lowest BCUT2D eigenvalue weighted by atomic mass is 10.1. The minimum Gasteiger partial charge on any atom is -0.485 e. The van der Waals surface area contributed by atoms with E-state index in [0.29, 0.717) is 29.6 Å². The lowest BCUT2D eigenvalue weighted by Gasteiger charge is -2.33. The van der Waals surface area contributed by atoms with Crippen LogP contribution in [0.15, 0.2) is 51.6 Å². The molecule has 1 aliphatic rings. The minimum absolute atomic E-state index is 0.0136. The van der Waals surface area contributed by atoms with E-state index in [1.807, 2.05) is 24.3 Å². The summed E-state index contributed by atoms with van der Waals surface area (Å²) in [5, 5.41) is 6.87. The molecule has 1 aliphatic heterocycles. The molecule has 3 heterocycles. The lowest BCUT2D eigenvalue weighted by molar-refractivity contribution is 0.0909. The molecule has 1 unspecified atom stereocenters. The summed E-state index contributed by atoms with van der Waals surface area (Å²) in [6, 6.07) is 11.0. The summed E-state index contributed by atoms with van der Waals surface area (Å²) in [4.78, 5) is 19.4. The molecule has 30 heavy (non-hydrogen) atoms. The Labute approximate surface area is 175 Å².